The lowest BCUT2D eigenvalue weighted by Gasteiger charge is -2.22. The summed E-state index contributed by atoms with van der Waals surface area (Å²) in [5.74, 6) is -0.658. The van der Waals surface area contributed by atoms with Crippen molar-refractivity contribution in [3.05, 3.63) is 95.6 Å². The van der Waals surface area contributed by atoms with Crippen LogP contribution in [0, 0.1) is 0 Å². The Hall–Kier alpha value is -3.65. The summed E-state index contributed by atoms with van der Waals surface area (Å²) in [6, 6.07) is 22.4. The van der Waals surface area contributed by atoms with Gasteiger partial charge in [0.05, 0.1) is 29.7 Å². The molecule has 0 aliphatic rings. The van der Waals surface area contributed by atoms with Crippen LogP contribution >= 0.6 is 0 Å². The van der Waals surface area contributed by atoms with E-state index < -0.39 is 15.9 Å². The molecule has 1 atom stereocenters. The van der Waals surface area contributed by atoms with Crippen LogP contribution in [0.1, 0.15) is 46.5 Å². The van der Waals surface area contributed by atoms with Crippen molar-refractivity contribution in [3.8, 4) is 0 Å². The van der Waals surface area contributed by atoms with Gasteiger partial charge in [-0.1, -0.05) is 49.4 Å². The predicted molar refractivity (Wildman–Crippen MR) is 136 cm³/mol. The average Bonchev–Trinajstić information content (AvgIpc) is 2.82. The molecule has 0 saturated heterocycles. The van der Waals surface area contributed by atoms with E-state index in [1.807, 2.05) is 44.2 Å². The van der Waals surface area contributed by atoms with Crippen LogP contribution in [-0.4, -0.2) is 32.5 Å². The summed E-state index contributed by atoms with van der Waals surface area (Å²) < 4.78 is 26.1. The molecule has 2 amide bonds. The third kappa shape index (κ3) is 6.45. The Labute approximate surface area is 200 Å². The Kier molecular flexibility index (Phi) is 8.07. The molecule has 0 fully saturated rings. The molecule has 0 spiro atoms. The molecule has 0 heterocycles. The van der Waals surface area contributed by atoms with Crippen molar-refractivity contribution in [3.63, 3.8) is 0 Å². The van der Waals surface area contributed by atoms with Crippen molar-refractivity contribution in [1.82, 2.24) is 5.32 Å². The largest absolute Gasteiger partial charge is 0.350 e. The molecule has 3 aromatic rings. The summed E-state index contributed by atoms with van der Waals surface area (Å²) in [4.78, 5) is 25.5. The molecular formula is C26H29N3O4S. The molecule has 0 unspecified atom stereocenters. The summed E-state index contributed by atoms with van der Waals surface area (Å²) >= 11 is 0. The SMILES string of the molecule is CC[C@H](C)NC(=O)c1ccccc1NC(=O)c1ccc(N(Cc2ccccc2)S(C)(=O)=O)cc1. The number of nitrogens with zero attached hydrogens (tertiary/aromatic N) is 1. The minimum atomic E-state index is -3.54. The third-order valence-corrected chi connectivity index (χ3v) is 6.54. The lowest BCUT2D eigenvalue weighted by Crippen LogP contribution is -2.32. The molecular weight excluding hydrogens is 450 g/mol. The summed E-state index contributed by atoms with van der Waals surface area (Å²) in [7, 11) is -3.54. The van der Waals surface area contributed by atoms with E-state index >= 15 is 0 Å². The van der Waals surface area contributed by atoms with E-state index in [1.165, 1.54) is 4.31 Å². The quantitative estimate of drug-likeness (QED) is 0.475. The standard InChI is InChI=1S/C26H29N3O4S/c1-4-19(2)27-26(31)23-12-8-9-13-24(23)28-25(30)21-14-16-22(17-15-21)29(34(3,32)33)18-20-10-6-5-7-11-20/h5-17,19H,4,18H2,1-3H3,(H,27,31)(H,28,30)/t19-/m0/s1. The smallest absolute Gasteiger partial charge is 0.255 e. The first kappa shape index (κ1) is 25.0. The Morgan fingerprint density at radius 1 is 0.882 bits per heavy atom. The monoisotopic (exact) mass is 479 g/mol. The Morgan fingerprint density at radius 2 is 1.50 bits per heavy atom. The van der Waals surface area contributed by atoms with Crippen LogP contribution in [0.5, 0.6) is 0 Å². The van der Waals surface area contributed by atoms with Crippen LogP contribution in [0.4, 0.5) is 11.4 Å². The Balaban J connectivity index is 1.78. The number of benzene rings is 3. The first-order valence-electron chi connectivity index (χ1n) is 11.0. The molecule has 0 aromatic heterocycles. The predicted octanol–water partition coefficient (Wildman–Crippen LogP) is 4.43. The molecule has 2 N–H and O–H groups in total. The van der Waals surface area contributed by atoms with Crippen LogP contribution in [0.15, 0.2) is 78.9 Å². The first-order valence-corrected chi connectivity index (χ1v) is 12.9. The van der Waals surface area contributed by atoms with E-state index in [4.69, 9.17) is 0 Å². The third-order valence-electron chi connectivity index (χ3n) is 5.40. The maximum Gasteiger partial charge on any atom is 0.255 e. The zero-order valence-electron chi connectivity index (χ0n) is 19.5. The molecule has 8 heteroatoms. The first-order chi connectivity index (χ1) is 16.2. The second kappa shape index (κ2) is 11.0. The zero-order chi connectivity index (χ0) is 24.7. The topological polar surface area (TPSA) is 95.6 Å². The van der Waals surface area contributed by atoms with E-state index in [1.54, 1.807) is 48.5 Å². The number of carbonyl (C=O) groups excluding carboxylic acids is 2. The number of amides is 2. The number of sulfonamides is 1. The summed E-state index contributed by atoms with van der Waals surface area (Å²) in [5.41, 5.74) is 2.42. The van der Waals surface area contributed by atoms with Gasteiger partial charge in [0.25, 0.3) is 11.8 Å². The van der Waals surface area contributed by atoms with Gasteiger partial charge >= 0.3 is 0 Å². The van der Waals surface area contributed by atoms with Gasteiger partial charge in [-0.15, -0.1) is 0 Å². The molecule has 7 nitrogen and oxygen atoms in total. The fourth-order valence-corrected chi connectivity index (χ4v) is 4.20. The van der Waals surface area contributed by atoms with Crippen molar-refractivity contribution in [1.29, 1.82) is 0 Å². The highest BCUT2D eigenvalue weighted by molar-refractivity contribution is 7.92. The highest BCUT2D eigenvalue weighted by Crippen LogP contribution is 2.22. The fourth-order valence-electron chi connectivity index (χ4n) is 3.32. The van der Waals surface area contributed by atoms with Crippen LogP contribution in [0.25, 0.3) is 0 Å². The number of para-hydroxylation sites is 1. The van der Waals surface area contributed by atoms with E-state index in [2.05, 4.69) is 10.6 Å². The molecule has 178 valence electrons. The van der Waals surface area contributed by atoms with E-state index in [0.29, 0.717) is 22.5 Å². The van der Waals surface area contributed by atoms with Gasteiger partial charge in [0.2, 0.25) is 10.0 Å². The molecule has 3 rings (SSSR count). The van der Waals surface area contributed by atoms with Gasteiger partial charge in [-0.2, -0.15) is 0 Å². The fraction of sp³-hybridized carbons (Fsp3) is 0.231. The van der Waals surface area contributed by atoms with Gasteiger partial charge < -0.3 is 10.6 Å². The average molecular weight is 480 g/mol. The van der Waals surface area contributed by atoms with Crippen molar-refractivity contribution in [2.24, 2.45) is 0 Å². The second-order valence-electron chi connectivity index (χ2n) is 8.08. The number of rotatable bonds is 9. The highest BCUT2D eigenvalue weighted by Gasteiger charge is 2.19. The van der Waals surface area contributed by atoms with E-state index in [9.17, 15) is 18.0 Å². The van der Waals surface area contributed by atoms with Gasteiger partial charge in [-0.05, 0) is 55.3 Å². The molecule has 0 aliphatic carbocycles. The lowest BCUT2D eigenvalue weighted by atomic mass is 10.1. The molecule has 3 aromatic carbocycles. The number of anilines is 2. The maximum atomic E-state index is 12.9. The summed E-state index contributed by atoms with van der Waals surface area (Å²) in [6.07, 6.45) is 1.94. The van der Waals surface area contributed by atoms with Gasteiger partial charge in [-0.25, -0.2) is 8.42 Å². The van der Waals surface area contributed by atoms with Crippen LogP contribution < -0.4 is 14.9 Å². The summed E-state index contributed by atoms with van der Waals surface area (Å²) in [5, 5.41) is 5.69. The second-order valence-corrected chi connectivity index (χ2v) is 9.99. The van der Waals surface area contributed by atoms with Crippen molar-refractivity contribution in [2.75, 3.05) is 15.9 Å². The molecule has 0 radical (unpaired) electrons. The van der Waals surface area contributed by atoms with Crippen molar-refractivity contribution in [2.45, 2.75) is 32.9 Å². The number of carbonyl (C=O) groups is 2. The summed E-state index contributed by atoms with van der Waals surface area (Å²) in [6.45, 7) is 4.08. The molecule has 34 heavy (non-hydrogen) atoms. The number of hydrogen-bond donors (Lipinski definition) is 2. The van der Waals surface area contributed by atoms with E-state index in [-0.39, 0.29) is 18.5 Å². The minimum absolute atomic E-state index is 0.0116. The molecule has 0 aliphatic heterocycles. The number of nitrogens with one attached hydrogen (secondary N) is 2. The minimum Gasteiger partial charge on any atom is -0.350 e. The van der Waals surface area contributed by atoms with Gasteiger partial charge in [0.1, 0.15) is 0 Å². The lowest BCUT2D eigenvalue weighted by molar-refractivity contribution is 0.0940. The normalized spacial score (nSPS) is 12.0. The Morgan fingerprint density at radius 3 is 2.12 bits per heavy atom. The zero-order valence-corrected chi connectivity index (χ0v) is 20.3. The van der Waals surface area contributed by atoms with Crippen LogP contribution in [0.3, 0.4) is 0 Å². The van der Waals surface area contributed by atoms with Crippen LogP contribution in [0.2, 0.25) is 0 Å². The van der Waals surface area contributed by atoms with Crippen LogP contribution in [-0.2, 0) is 16.6 Å². The maximum absolute atomic E-state index is 12.9. The van der Waals surface area contributed by atoms with Gasteiger partial charge in [0, 0.05) is 11.6 Å². The van der Waals surface area contributed by atoms with Gasteiger partial charge in [-0.3, -0.25) is 13.9 Å². The number of hydrogen-bond acceptors (Lipinski definition) is 4. The van der Waals surface area contributed by atoms with Crippen molar-refractivity contribution >= 4 is 33.2 Å². The molecule has 0 bridgehead atoms. The van der Waals surface area contributed by atoms with Crippen molar-refractivity contribution < 1.29 is 18.0 Å². The highest BCUT2D eigenvalue weighted by atomic mass is 32.2. The van der Waals surface area contributed by atoms with E-state index in [0.717, 1.165) is 18.2 Å². The molecule has 0 saturated carbocycles. The Bertz CT molecular complexity index is 1240. The van der Waals surface area contributed by atoms with Gasteiger partial charge in [0.15, 0.2) is 0 Å².